The van der Waals surface area contributed by atoms with E-state index in [0.29, 0.717) is 5.56 Å². The predicted molar refractivity (Wildman–Crippen MR) is 64.4 cm³/mol. The number of nitrogens with one attached hydrogen (secondary N) is 3. The van der Waals surface area contributed by atoms with E-state index in [1.165, 1.54) is 12.4 Å². The van der Waals surface area contributed by atoms with Crippen molar-refractivity contribution in [1.82, 2.24) is 19.9 Å². The highest BCUT2D eigenvalue weighted by Crippen LogP contribution is 2.13. The van der Waals surface area contributed by atoms with E-state index in [1.807, 2.05) is 0 Å². The first kappa shape index (κ1) is 12.5. The zero-order valence-corrected chi connectivity index (χ0v) is 10.4. The lowest BCUT2D eigenvalue weighted by atomic mass is 10.2. The molecule has 0 aromatic carbocycles. The molecule has 0 spiro atoms. The molecule has 7 nitrogen and oxygen atoms in total. The average Bonchev–Trinajstić information content (AvgIpc) is 2.82. The molecule has 18 heavy (non-hydrogen) atoms. The van der Waals surface area contributed by atoms with Crippen molar-refractivity contribution in [1.29, 1.82) is 0 Å². The minimum atomic E-state index is -3.85. The van der Waals surface area contributed by atoms with Crippen molar-refractivity contribution in [2.45, 2.75) is 17.9 Å². The van der Waals surface area contributed by atoms with Crippen molar-refractivity contribution in [3.05, 3.63) is 46.6 Å². The minimum Gasteiger partial charge on any atom is -0.366 e. The SMILES string of the molecule is CC(NS(=O)(=O)c1c[nH]ccc1=O)c1cn[nH]c1. The van der Waals surface area contributed by atoms with Crippen LogP contribution in [-0.4, -0.2) is 23.6 Å². The first-order chi connectivity index (χ1) is 8.50. The van der Waals surface area contributed by atoms with Crippen LogP contribution in [0, 0.1) is 0 Å². The largest absolute Gasteiger partial charge is 0.366 e. The maximum Gasteiger partial charge on any atom is 0.246 e. The molecule has 2 rings (SSSR count). The van der Waals surface area contributed by atoms with Gasteiger partial charge in [-0.1, -0.05) is 0 Å². The molecule has 0 saturated heterocycles. The quantitative estimate of drug-likeness (QED) is 0.732. The van der Waals surface area contributed by atoms with Crippen LogP contribution in [0.15, 0.2) is 40.5 Å². The van der Waals surface area contributed by atoms with Crippen LogP contribution in [0.3, 0.4) is 0 Å². The highest BCUT2D eigenvalue weighted by Gasteiger charge is 2.21. The second kappa shape index (κ2) is 4.75. The standard InChI is InChI=1S/C10H12N4O3S/c1-7(8-4-12-13-5-8)14-18(16,17)10-6-11-3-2-9(10)15/h2-7,14H,1H3,(H,11,15)(H,12,13). The van der Waals surface area contributed by atoms with Crippen molar-refractivity contribution >= 4 is 10.0 Å². The Morgan fingerprint density at radius 3 is 2.78 bits per heavy atom. The molecule has 96 valence electrons. The van der Waals surface area contributed by atoms with Crippen LogP contribution in [0.2, 0.25) is 0 Å². The second-order valence-corrected chi connectivity index (χ2v) is 5.43. The molecule has 0 aliphatic rings. The predicted octanol–water partition coefficient (Wildman–Crippen LogP) is 0.137. The number of nitrogens with zero attached hydrogens (tertiary/aromatic N) is 1. The van der Waals surface area contributed by atoms with Crippen LogP contribution < -0.4 is 10.2 Å². The van der Waals surface area contributed by atoms with Crippen LogP contribution in [-0.2, 0) is 10.0 Å². The summed E-state index contributed by atoms with van der Waals surface area (Å²) in [6.07, 6.45) is 5.64. The summed E-state index contributed by atoms with van der Waals surface area (Å²) in [6.45, 7) is 1.67. The highest BCUT2D eigenvalue weighted by molar-refractivity contribution is 7.89. The molecule has 0 bridgehead atoms. The molecule has 0 aliphatic heterocycles. The number of rotatable bonds is 4. The summed E-state index contributed by atoms with van der Waals surface area (Å²) in [6, 6.07) is 0.685. The Kier molecular flexibility index (Phi) is 3.30. The number of H-pyrrole nitrogens is 2. The van der Waals surface area contributed by atoms with Gasteiger partial charge in [-0.15, -0.1) is 0 Å². The summed E-state index contributed by atoms with van der Waals surface area (Å²) >= 11 is 0. The third-order valence-corrected chi connectivity index (χ3v) is 3.99. The van der Waals surface area contributed by atoms with Gasteiger partial charge in [0, 0.05) is 36.3 Å². The van der Waals surface area contributed by atoms with E-state index >= 15 is 0 Å². The van der Waals surface area contributed by atoms with E-state index in [0.717, 1.165) is 12.3 Å². The summed E-state index contributed by atoms with van der Waals surface area (Å²) in [5.41, 5.74) is 0.131. The number of sulfonamides is 1. The van der Waals surface area contributed by atoms with Crippen LogP contribution in [0.25, 0.3) is 0 Å². The first-order valence-corrected chi connectivity index (χ1v) is 6.67. The summed E-state index contributed by atoms with van der Waals surface area (Å²) in [5.74, 6) is 0. The fraction of sp³-hybridized carbons (Fsp3) is 0.200. The Hall–Kier alpha value is -1.93. The lowest BCUT2D eigenvalue weighted by molar-refractivity contribution is 0.566. The van der Waals surface area contributed by atoms with Gasteiger partial charge >= 0.3 is 0 Å². The molecule has 3 N–H and O–H groups in total. The summed E-state index contributed by atoms with van der Waals surface area (Å²) in [4.78, 5) is 13.7. The molecule has 0 fully saturated rings. The lowest BCUT2D eigenvalue weighted by Crippen LogP contribution is -2.30. The highest BCUT2D eigenvalue weighted by atomic mass is 32.2. The van der Waals surface area contributed by atoms with E-state index in [2.05, 4.69) is 19.9 Å². The van der Waals surface area contributed by atoms with Gasteiger partial charge in [0.1, 0.15) is 4.90 Å². The van der Waals surface area contributed by atoms with Crippen molar-refractivity contribution < 1.29 is 8.42 Å². The van der Waals surface area contributed by atoms with Crippen LogP contribution in [0.4, 0.5) is 0 Å². The summed E-state index contributed by atoms with van der Waals surface area (Å²) in [7, 11) is -3.85. The molecule has 0 amide bonds. The fourth-order valence-electron chi connectivity index (χ4n) is 1.47. The molecular formula is C10H12N4O3S. The third-order valence-electron chi connectivity index (χ3n) is 2.43. The van der Waals surface area contributed by atoms with Gasteiger partial charge in [0.15, 0.2) is 0 Å². The molecule has 1 unspecified atom stereocenters. The van der Waals surface area contributed by atoms with Crippen molar-refractivity contribution in [3.8, 4) is 0 Å². The van der Waals surface area contributed by atoms with Crippen molar-refractivity contribution in [2.75, 3.05) is 0 Å². The van der Waals surface area contributed by atoms with Gasteiger partial charge in [-0.3, -0.25) is 9.89 Å². The number of aromatic nitrogens is 3. The van der Waals surface area contributed by atoms with Crippen LogP contribution in [0.1, 0.15) is 18.5 Å². The summed E-state index contributed by atoms with van der Waals surface area (Å²) < 4.78 is 26.4. The molecule has 2 aromatic heterocycles. The molecule has 2 heterocycles. The zero-order chi connectivity index (χ0) is 13.2. The smallest absolute Gasteiger partial charge is 0.246 e. The van der Waals surface area contributed by atoms with Crippen molar-refractivity contribution in [2.24, 2.45) is 0 Å². The molecular weight excluding hydrogens is 256 g/mol. The average molecular weight is 268 g/mol. The van der Waals surface area contributed by atoms with Gasteiger partial charge in [-0.2, -0.15) is 5.10 Å². The van der Waals surface area contributed by atoms with Gasteiger partial charge in [-0.05, 0) is 6.92 Å². The minimum absolute atomic E-state index is 0.305. The Morgan fingerprint density at radius 1 is 1.39 bits per heavy atom. The van der Waals surface area contributed by atoms with Gasteiger partial charge in [0.05, 0.1) is 6.20 Å². The molecule has 0 aliphatic carbocycles. The molecule has 0 saturated carbocycles. The number of hydrogen-bond acceptors (Lipinski definition) is 4. The molecule has 0 radical (unpaired) electrons. The van der Waals surface area contributed by atoms with Gasteiger partial charge in [0.2, 0.25) is 15.5 Å². The normalized spacial score (nSPS) is 13.4. The number of hydrogen-bond donors (Lipinski definition) is 3. The molecule has 1 atom stereocenters. The van der Waals surface area contributed by atoms with Crippen LogP contribution in [0.5, 0.6) is 0 Å². The maximum absolute atomic E-state index is 12.0. The fourth-order valence-corrected chi connectivity index (χ4v) is 2.76. The van der Waals surface area contributed by atoms with Crippen molar-refractivity contribution in [3.63, 3.8) is 0 Å². The van der Waals surface area contributed by atoms with E-state index in [4.69, 9.17) is 0 Å². The molecule has 2 aromatic rings. The Labute approximate surface area is 103 Å². The van der Waals surface area contributed by atoms with E-state index < -0.39 is 21.5 Å². The maximum atomic E-state index is 12.0. The van der Waals surface area contributed by atoms with Gasteiger partial charge in [-0.25, -0.2) is 13.1 Å². The van der Waals surface area contributed by atoms with E-state index in [-0.39, 0.29) is 4.90 Å². The summed E-state index contributed by atoms with van der Waals surface area (Å²) in [5, 5.41) is 6.33. The first-order valence-electron chi connectivity index (χ1n) is 5.19. The number of pyridine rings is 1. The van der Waals surface area contributed by atoms with E-state index in [1.54, 1.807) is 13.1 Å². The third kappa shape index (κ3) is 2.49. The topological polar surface area (TPSA) is 108 Å². The van der Waals surface area contributed by atoms with Gasteiger partial charge in [0.25, 0.3) is 0 Å². The Bertz CT molecular complexity index is 675. The Balaban J connectivity index is 2.29. The van der Waals surface area contributed by atoms with Gasteiger partial charge < -0.3 is 4.98 Å². The number of aromatic amines is 2. The lowest BCUT2D eigenvalue weighted by Gasteiger charge is -2.11. The zero-order valence-electron chi connectivity index (χ0n) is 9.54. The monoisotopic (exact) mass is 268 g/mol. The Morgan fingerprint density at radius 2 is 2.17 bits per heavy atom. The van der Waals surface area contributed by atoms with Crippen LogP contribution >= 0.6 is 0 Å². The molecule has 8 heteroatoms. The second-order valence-electron chi connectivity index (χ2n) is 3.75. The van der Waals surface area contributed by atoms with E-state index in [9.17, 15) is 13.2 Å².